The molecule has 1 heterocycles. The van der Waals surface area contributed by atoms with Gasteiger partial charge in [0.15, 0.2) is 6.61 Å². The zero-order valence-electron chi connectivity index (χ0n) is 20.2. The molecule has 0 bridgehead atoms. The summed E-state index contributed by atoms with van der Waals surface area (Å²) in [7, 11) is 3.99. The van der Waals surface area contributed by atoms with Crippen LogP contribution >= 0.6 is 0 Å². The van der Waals surface area contributed by atoms with Crippen molar-refractivity contribution in [1.29, 1.82) is 0 Å². The number of hydrogen-bond acceptors (Lipinski definition) is 6. The molecule has 1 aliphatic carbocycles. The third-order valence-electron chi connectivity index (χ3n) is 6.52. The highest BCUT2D eigenvalue weighted by Crippen LogP contribution is 2.26. The third-order valence-corrected chi connectivity index (χ3v) is 6.52. The fraction of sp³-hybridized carbons (Fsp3) is 0.321. The molecule has 1 amide bonds. The molecule has 7 nitrogen and oxygen atoms in total. The van der Waals surface area contributed by atoms with Gasteiger partial charge in [-0.3, -0.25) is 4.79 Å². The van der Waals surface area contributed by atoms with Gasteiger partial charge in [0.05, 0.1) is 5.52 Å². The molecule has 35 heavy (non-hydrogen) atoms. The number of rotatable bonds is 7. The van der Waals surface area contributed by atoms with E-state index in [2.05, 4.69) is 16.7 Å². The first-order chi connectivity index (χ1) is 17.0. The second-order valence-electron chi connectivity index (χ2n) is 9.34. The summed E-state index contributed by atoms with van der Waals surface area (Å²) >= 11 is 0. The van der Waals surface area contributed by atoms with E-state index in [9.17, 15) is 4.79 Å². The minimum atomic E-state index is -0.0805. The standard InChI is InChI=1S/C28H31N5O2/c1-33(2)27-24-9-5-6-10-25(24)31-28(32-27)30-22-14-12-21(13-15-22)29-26(34)18-35-23-16-11-19-7-3-4-8-20(19)17-23/h3-11,16-17,21-22H,12-15,18H2,1-2H3,(H,29,34)(H,30,31,32). The normalized spacial score (nSPS) is 17.8. The summed E-state index contributed by atoms with van der Waals surface area (Å²) in [6.45, 7) is 0.0226. The topological polar surface area (TPSA) is 79.4 Å². The Morgan fingerprint density at radius 3 is 2.43 bits per heavy atom. The van der Waals surface area contributed by atoms with Crippen molar-refractivity contribution in [3.8, 4) is 5.75 Å². The average molecular weight is 470 g/mol. The lowest BCUT2D eigenvalue weighted by Gasteiger charge is -2.30. The van der Waals surface area contributed by atoms with Crippen LogP contribution in [-0.4, -0.2) is 48.7 Å². The molecule has 180 valence electrons. The van der Waals surface area contributed by atoms with Gasteiger partial charge < -0.3 is 20.3 Å². The minimum absolute atomic E-state index is 0.0226. The van der Waals surface area contributed by atoms with Crippen molar-refractivity contribution in [3.05, 3.63) is 66.7 Å². The van der Waals surface area contributed by atoms with Crippen molar-refractivity contribution in [2.45, 2.75) is 37.8 Å². The van der Waals surface area contributed by atoms with Crippen LogP contribution in [0.3, 0.4) is 0 Å². The number of amides is 1. The van der Waals surface area contributed by atoms with Gasteiger partial charge in [-0.05, 0) is 60.7 Å². The van der Waals surface area contributed by atoms with E-state index in [-0.39, 0.29) is 24.6 Å². The Morgan fingerprint density at radius 2 is 1.63 bits per heavy atom. The first-order valence-corrected chi connectivity index (χ1v) is 12.2. The second kappa shape index (κ2) is 10.2. The van der Waals surface area contributed by atoms with Crippen LogP contribution in [-0.2, 0) is 4.79 Å². The number of aromatic nitrogens is 2. The number of nitrogens with one attached hydrogen (secondary N) is 2. The smallest absolute Gasteiger partial charge is 0.258 e. The predicted molar refractivity (Wildman–Crippen MR) is 141 cm³/mol. The summed E-state index contributed by atoms with van der Waals surface area (Å²) in [6, 6.07) is 22.5. The molecule has 0 radical (unpaired) electrons. The fourth-order valence-corrected chi connectivity index (χ4v) is 4.71. The van der Waals surface area contributed by atoms with E-state index in [1.165, 1.54) is 0 Å². The highest BCUT2D eigenvalue weighted by atomic mass is 16.5. The molecule has 2 N–H and O–H groups in total. The number of para-hydroxylation sites is 1. The summed E-state index contributed by atoms with van der Waals surface area (Å²) in [5.74, 6) is 2.19. The lowest BCUT2D eigenvalue weighted by atomic mass is 9.91. The molecule has 1 aliphatic rings. The zero-order valence-corrected chi connectivity index (χ0v) is 20.2. The molecule has 4 aromatic rings. The van der Waals surface area contributed by atoms with Crippen LogP contribution in [0.1, 0.15) is 25.7 Å². The summed E-state index contributed by atoms with van der Waals surface area (Å²) < 4.78 is 5.74. The quantitative estimate of drug-likeness (QED) is 0.406. The maximum atomic E-state index is 12.5. The molecule has 0 saturated heterocycles. The molecule has 1 aromatic heterocycles. The molecule has 0 spiro atoms. The second-order valence-corrected chi connectivity index (χ2v) is 9.34. The van der Waals surface area contributed by atoms with Crippen LogP contribution in [0.15, 0.2) is 66.7 Å². The van der Waals surface area contributed by atoms with Crippen LogP contribution in [0.4, 0.5) is 11.8 Å². The van der Waals surface area contributed by atoms with Crippen molar-refractivity contribution in [1.82, 2.24) is 15.3 Å². The van der Waals surface area contributed by atoms with E-state index in [1.807, 2.05) is 79.7 Å². The van der Waals surface area contributed by atoms with Gasteiger partial charge in [-0.25, -0.2) is 4.98 Å². The number of benzene rings is 3. The van der Waals surface area contributed by atoms with E-state index in [4.69, 9.17) is 14.7 Å². The lowest BCUT2D eigenvalue weighted by Crippen LogP contribution is -2.42. The van der Waals surface area contributed by atoms with E-state index in [0.717, 1.165) is 53.2 Å². The van der Waals surface area contributed by atoms with Gasteiger partial charge in [0.25, 0.3) is 5.91 Å². The Bertz CT molecular complexity index is 1330. The fourth-order valence-electron chi connectivity index (χ4n) is 4.71. The van der Waals surface area contributed by atoms with Crippen LogP contribution in [0.25, 0.3) is 21.7 Å². The largest absolute Gasteiger partial charge is 0.484 e. The van der Waals surface area contributed by atoms with Crippen molar-refractivity contribution in [2.24, 2.45) is 0 Å². The van der Waals surface area contributed by atoms with Gasteiger partial charge in [-0.2, -0.15) is 4.98 Å². The van der Waals surface area contributed by atoms with Gasteiger partial charge in [-0.15, -0.1) is 0 Å². The van der Waals surface area contributed by atoms with Gasteiger partial charge in [-0.1, -0.05) is 42.5 Å². The van der Waals surface area contributed by atoms with Crippen LogP contribution in [0.5, 0.6) is 5.75 Å². The molecule has 0 atom stereocenters. The molecule has 1 fully saturated rings. The van der Waals surface area contributed by atoms with Crippen molar-refractivity contribution < 1.29 is 9.53 Å². The van der Waals surface area contributed by atoms with Crippen LogP contribution < -0.4 is 20.3 Å². The number of hydrogen-bond donors (Lipinski definition) is 2. The molecule has 0 unspecified atom stereocenters. The Morgan fingerprint density at radius 1 is 0.914 bits per heavy atom. The number of carbonyl (C=O) groups excluding carboxylic acids is 1. The Labute approximate surface area is 205 Å². The Balaban J connectivity index is 1.12. The van der Waals surface area contributed by atoms with Gasteiger partial charge >= 0.3 is 0 Å². The summed E-state index contributed by atoms with van der Waals surface area (Å²) in [6.07, 6.45) is 3.72. The maximum absolute atomic E-state index is 12.5. The van der Waals surface area contributed by atoms with Crippen molar-refractivity contribution in [3.63, 3.8) is 0 Å². The van der Waals surface area contributed by atoms with Gasteiger partial charge in [0, 0.05) is 31.6 Å². The van der Waals surface area contributed by atoms with E-state index < -0.39 is 0 Å². The van der Waals surface area contributed by atoms with Gasteiger partial charge in [0.2, 0.25) is 5.95 Å². The average Bonchev–Trinajstić information content (AvgIpc) is 2.88. The highest BCUT2D eigenvalue weighted by molar-refractivity contribution is 5.90. The van der Waals surface area contributed by atoms with Crippen LogP contribution in [0, 0.1) is 0 Å². The molecule has 3 aromatic carbocycles. The number of ether oxygens (including phenoxy) is 1. The Hall–Kier alpha value is -3.87. The van der Waals surface area contributed by atoms with E-state index in [0.29, 0.717) is 11.7 Å². The van der Waals surface area contributed by atoms with Crippen molar-refractivity contribution >= 4 is 39.3 Å². The van der Waals surface area contributed by atoms with E-state index in [1.54, 1.807) is 0 Å². The number of fused-ring (bicyclic) bond motifs is 2. The first kappa shape index (κ1) is 22.9. The molecule has 5 rings (SSSR count). The monoisotopic (exact) mass is 469 g/mol. The number of nitrogens with zero attached hydrogens (tertiary/aromatic N) is 3. The molecular weight excluding hydrogens is 438 g/mol. The number of carbonyl (C=O) groups is 1. The lowest BCUT2D eigenvalue weighted by molar-refractivity contribution is -0.124. The predicted octanol–water partition coefficient (Wildman–Crippen LogP) is 4.77. The summed E-state index contributed by atoms with van der Waals surface area (Å²) in [5, 5.41) is 9.94. The van der Waals surface area contributed by atoms with E-state index >= 15 is 0 Å². The molecule has 7 heteroatoms. The molecule has 1 saturated carbocycles. The first-order valence-electron chi connectivity index (χ1n) is 12.2. The van der Waals surface area contributed by atoms with Crippen LogP contribution in [0.2, 0.25) is 0 Å². The number of anilines is 2. The SMILES string of the molecule is CN(C)c1nc(NC2CCC(NC(=O)COc3ccc4ccccc4c3)CC2)nc2ccccc12. The minimum Gasteiger partial charge on any atom is -0.484 e. The van der Waals surface area contributed by atoms with Gasteiger partial charge in [0.1, 0.15) is 11.6 Å². The van der Waals surface area contributed by atoms with Crippen molar-refractivity contribution in [2.75, 3.05) is 30.9 Å². The molecular formula is C28H31N5O2. The maximum Gasteiger partial charge on any atom is 0.258 e. The summed E-state index contributed by atoms with van der Waals surface area (Å²) in [4.78, 5) is 24.0. The molecule has 0 aliphatic heterocycles. The Kier molecular flexibility index (Phi) is 6.66. The zero-order chi connectivity index (χ0) is 24.2. The third kappa shape index (κ3) is 5.45. The highest BCUT2D eigenvalue weighted by Gasteiger charge is 2.23. The summed E-state index contributed by atoms with van der Waals surface area (Å²) in [5.41, 5.74) is 0.932.